The lowest BCUT2D eigenvalue weighted by Gasteiger charge is -2.46. The number of piperidine rings is 1. The van der Waals surface area contributed by atoms with Gasteiger partial charge in [-0.3, -0.25) is 9.89 Å². The molecular formula is C27H26N2. The second-order valence-corrected chi connectivity index (χ2v) is 8.13. The van der Waals surface area contributed by atoms with E-state index in [-0.39, 0.29) is 5.41 Å². The Hall–Kier alpha value is -2.97. The summed E-state index contributed by atoms with van der Waals surface area (Å²) in [5, 5.41) is 0. The van der Waals surface area contributed by atoms with Crippen LogP contribution in [0.25, 0.3) is 0 Å². The fourth-order valence-corrected chi connectivity index (χ4v) is 5.15. The Morgan fingerprint density at radius 2 is 1.62 bits per heavy atom. The number of nitrogens with zero attached hydrogens (tertiary/aromatic N) is 2. The van der Waals surface area contributed by atoms with Gasteiger partial charge in [0.2, 0.25) is 0 Å². The van der Waals surface area contributed by atoms with Gasteiger partial charge in [-0.25, -0.2) is 0 Å². The summed E-state index contributed by atoms with van der Waals surface area (Å²) in [6, 6.07) is 30.1. The molecule has 0 N–H and O–H groups in total. The highest BCUT2D eigenvalue weighted by Crippen LogP contribution is 2.51. The van der Waals surface area contributed by atoms with Crippen molar-refractivity contribution in [1.82, 2.24) is 4.90 Å². The molecule has 29 heavy (non-hydrogen) atoms. The molecule has 2 heterocycles. The van der Waals surface area contributed by atoms with Crippen molar-refractivity contribution in [2.75, 3.05) is 13.1 Å². The number of fused-ring (bicyclic) bond motifs is 2. The molecule has 5 rings (SSSR count). The predicted octanol–water partition coefficient (Wildman–Crippen LogP) is 5.77. The van der Waals surface area contributed by atoms with Crippen LogP contribution in [0.4, 0.5) is 5.69 Å². The van der Waals surface area contributed by atoms with Gasteiger partial charge in [0.25, 0.3) is 0 Å². The van der Waals surface area contributed by atoms with Gasteiger partial charge in [-0.2, -0.15) is 0 Å². The Bertz CT molecular complexity index is 1040. The van der Waals surface area contributed by atoms with Crippen LogP contribution in [0, 0.1) is 5.92 Å². The van der Waals surface area contributed by atoms with Crippen molar-refractivity contribution in [3.05, 3.63) is 114 Å². The Balaban J connectivity index is 1.53. The molecule has 3 aromatic rings. The zero-order valence-electron chi connectivity index (χ0n) is 16.7. The molecular weight excluding hydrogens is 352 g/mol. The van der Waals surface area contributed by atoms with Gasteiger partial charge in [0.05, 0.1) is 11.4 Å². The van der Waals surface area contributed by atoms with Crippen molar-refractivity contribution in [2.24, 2.45) is 10.9 Å². The zero-order chi connectivity index (χ0) is 19.7. The zero-order valence-corrected chi connectivity index (χ0v) is 16.7. The lowest BCUT2D eigenvalue weighted by atomic mass is 9.62. The minimum atomic E-state index is -0.0904. The minimum Gasteiger partial charge on any atom is -0.298 e. The van der Waals surface area contributed by atoms with Crippen molar-refractivity contribution >= 4 is 11.4 Å². The molecule has 0 radical (unpaired) electrons. The summed E-state index contributed by atoms with van der Waals surface area (Å²) in [5.74, 6) is 0.322. The highest BCUT2D eigenvalue weighted by Gasteiger charge is 2.50. The molecule has 2 heteroatoms. The molecule has 3 aromatic carbocycles. The number of rotatable bonds is 4. The molecule has 1 saturated heterocycles. The quantitative estimate of drug-likeness (QED) is 0.527. The fourth-order valence-electron chi connectivity index (χ4n) is 5.15. The normalized spacial score (nSPS) is 23.6. The first-order chi connectivity index (χ1) is 14.3. The first-order valence-corrected chi connectivity index (χ1v) is 10.4. The van der Waals surface area contributed by atoms with Gasteiger partial charge >= 0.3 is 0 Å². The Kier molecular flexibility index (Phi) is 4.65. The monoisotopic (exact) mass is 378 g/mol. The number of benzene rings is 3. The number of para-hydroxylation sites is 1. The summed E-state index contributed by atoms with van der Waals surface area (Å²) >= 11 is 0. The molecule has 0 aromatic heterocycles. The maximum Gasteiger partial charge on any atom is 0.0675 e. The van der Waals surface area contributed by atoms with E-state index in [1.54, 1.807) is 0 Å². The molecule has 0 aliphatic carbocycles. The van der Waals surface area contributed by atoms with Crippen molar-refractivity contribution in [3.8, 4) is 0 Å². The molecule has 2 atom stereocenters. The van der Waals surface area contributed by atoms with Gasteiger partial charge in [0.15, 0.2) is 0 Å². The van der Waals surface area contributed by atoms with Gasteiger partial charge in [-0.1, -0.05) is 84.9 Å². The molecule has 0 unspecified atom stereocenters. The minimum absolute atomic E-state index is 0.0904. The third-order valence-electron chi connectivity index (χ3n) is 6.53. The van der Waals surface area contributed by atoms with E-state index in [0.29, 0.717) is 5.92 Å². The largest absolute Gasteiger partial charge is 0.298 e. The van der Waals surface area contributed by atoms with Crippen molar-refractivity contribution in [1.29, 1.82) is 0 Å². The first kappa shape index (κ1) is 18.1. The van der Waals surface area contributed by atoms with E-state index in [2.05, 4.69) is 102 Å². The summed E-state index contributed by atoms with van der Waals surface area (Å²) in [5.41, 5.74) is 6.20. The Morgan fingerprint density at radius 1 is 0.931 bits per heavy atom. The average molecular weight is 379 g/mol. The van der Waals surface area contributed by atoms with E-state index >= 15 is 0 Å². The van der Waals surface area contributed by atoms with Crippen molar-refractivity contribution in [2.45, 2.75) is 18.4 Å². The standard InChI is InChI=1S/C27H26N2/c1-2-23-20-29(19-21-11-5-3-6-12-21)18-17-27(23)24-15-9-10-16-25(24)28-26(27)22-13-7-4-8-14-22/h2-16,23H,1,17-20H2/t23-,27+/m0/s1. The van der Waals surface area contributed by atoms with Crippen LogP contribution in [-0.4, -0.2) is 23.7 Å². The second-order valence-electron chi connectivity index (χ2n) is 8.13. The van der Waals surface area contributed by atoms with Crippen LogP contribution < -0.4 is 0 Å². The van der Waals surface area contributed by atoms with Crippen LogP contribution in [-0.2, 0) is 12.0 Å². The molecule has 0 bridgehead atoms. The van der Waals surface area contributed by atoms with Gasteiger partial charge in [-0.15, -0.1) is 6.58 Å². The van der Waals surface area contributed by atoms with E-state index in [9.17, 15) is 0 Å². The Morgan fingerprint density at radius 3 is 2.38 bits per heavy atom. The third-order valence-corrected chi connectivity index (χ3v) is 6.53. The molecule has 1 fully saturated rings. The fraction of sp³-hybridized carbons (Fsp3) is 0.222. The summed E-state index contributed by atoms with van der Waals surface area (Å²) in [6.07, 6.45) is 3.22. The molecule has 2 aliphatic rings. The van der Waals surface area contributed by atoms with Crippen LogP contribution in [0.1, 0.15) is 23.1 Å². The summed E-state index contributed by atoms with van der Waals surface area (Å²) in [7, 11) is 0. The van der Waals surface area contributed by atoms with E-state index in [1.807, 2.05) is 0 Å². The van der Waals surface area contributed by atoms with Crippen LogP contribution in [0.2, 0.25) is 0 Å². The third kappa shape index (κ3) is 3.04. The number of likely N-dealkylation sites (tertiary alicyclic amines) is 1. The molecule has 0 amide bonds. The average Bonchev–Trinajstić information content (AvgIpc) is 3.11. The van der Waals surface area contributed by atoms with Crippen molar-refractivity contribution < 1.29 is 0 Å². The van der Waals surface area contributed by atoms with Crippen LogP contribution >= 0.6 is 0 Å². The van der Waals surface area contributed by atoms with Gasteiger partial charge < -0.3 is 0 Å². The maximum atomic E-state index is 5.16. The van der Waals surface area contributed by atoms with Crippen molar-refractivity contribution in [3.63, 3.8) is 0 Å². The smallest absolute Gasteiger partial charge is 0.0675 e. The summed E-state index contributed by atoms with van der Waals surface area (Å²) in [4.78, 5) is 7.72. The number of hydrogen-bond donors (Lipinski definition) is 0. The van der Waals surface area contributed by atoms with E-state index in [4.69, 9.17) is 4.99 Å². The van der Waals surface area contributed by atoms with E-state index in [0.717, 1.165) is 31.7 Å². The Labute approximate surface area is 173 Å². The summed E-state index contributed by atoms with van der Waals surface area (Å²) < 4.78 is 0. The second kappa shape index (κ2) is 7.46. The molecule has 2 aliphatic heterocycles. The predicted molar refractivity (Wildman–Crippen MR) is 121 cm³/mol. The number of hydrogen-bond acceptors (Lipinski definition) is 2. The van der Waals surface area contributed by atoms with Crippen LogP contribution in [0.3, 0.4) is 0 Å². The lowest BCUT2D eigenvalue weighted by molar-refractivity contribution is 0.147. The molecule has 1 spiro atoms. The molecule has 2 nitrogen and oxygen atoms in total. The maximum absolute atomic E-state index is 5.16. The van der Waals surface area contributed by atoms with Crippen LogP contribution in [0.15, 0.2) is 103 Å². The van der Waals surface area contributed by atoms with E-state index < -0.39 is 0 Å². The molecule has 0 saturated carbocycles. The van der Waals surface area contributed by atoms with Gasteiger partial charge in [-0.05, 0) is 35.7 Å². The van der Waals surface area contributed by atoms with Gasteiger partial charge in [0.1, 0.15) is 0 Å². The molecule has 144 valence electrons. The first-order valence-electron chi connectivity index (χ1n) is 10.4. The van der Waals surface area contributed by atoms with Gasteiger partial charge in [0, 0.05) is 24.4 Å². The number of aliphatic imine (C=N–C) groups is 1. The SMILES string of the molecule is C=C[C@H]1CN(Cc2ccccc2)CC[C@@]12C(c1ccccc1)=Nc1ccccc12. The highest BCUT2D eigenvalue weighted by molar-refractivity contribution is 6.13. The van der Waals surface area contributed by atoms with Crippen LogP contribution in [0.5, 0.6) is 0 Å². The highest BCUT2D eigenvalue weighted by atomic mass is 15.1. The topological polar surface area (TPSA) is 15.6 Å². The summed E-state index contributed by atoms with van der Waals surface area (Å²) in [6.45, 7) is 7.30. The van der Waals surface area contributed by atoms with E-state index in [1.165, 1.54) is 22.4 Å². The lowest BCUT2D eigenvalue weighted by Crippen LogP contribution is -2.52.